The number of aromatic nitrogens is 3. The molecular weight excluding hydrogens is 296 g/mol. The molecule has 0 radical (unpaired) electrons. The largest absolute Gasteiger partial charge is 0.305 e. The van der Waals surface area contributed by atoms with Crippen LogP contribution in [0, 0.1) is 19.3 Å². The molecule has 3 rings (SSSR count). The quantitative estimate of drug-likeness (QED) is 0.681. The Hall–Kier alpha value is -2.65. The Bertz CT molecular complexity index is 968. The third-order valence-electron chi connectivity index (χ3n) is 3.25. The van der Waals surface area contributed by atoms with Gasteiger partial charge in [0.05, 0.1) is 16.8 Å². The van der Waals surface area contributed by atoms with Gasteiger partial charge in [0.15, 0.2) is 10.5 Å². The molecule has 0 saturated carbocycles. The van der Waals surface area contributed by atoms with E-state index in [4.69, 9.17) is 6.42 Å². The number of amides is 1. The zero-order chi connectivity index (χ0) is 15.7. The minimum absolute atomic E-state index is 0.351. The van der Waals surface area contributed by atoms with E-state index in [2.05, 4.69) is 16.0 Å². The Morgan fingerprint density at radius 3 is 2.91 bits per heavy atom. The first-order chi connectivity index (χ1) is 10.6. The molecule has 0 atom stereocenters. The van der Waals surface area contributed by atoms with Crippen LogP contribution in [-0.2, 0) is 13.6 Å². The topological polar surface area (TPSA) is 52.2 Å². The van der Waals surface area contributed by atoms with Crippen LogP contribution in [0.15, 0.2) is 35.5 Å². The summed E-state index contributed by atoms with van der Waals surface area (Å²) in [6.45, 7) is 2.22. The first kappa shape index (κ1) is 14.3. The van der Waals surface area contributed by atoms with Crippen molar-refractivity contribution in [3.05, 3.63) is 46.5 Å². The Balaban J connectivity index is 2.16. The monoisotopic (exact) mass is 310 g/mol. The standard InChI is InChI=1S/C16H14N4OS/c1-4-9-20-12-7-5-6-8-13(12)22-16(20)17-15(21)14-11(2)10-19(3)18-14/h1,5-8,10H,9H2,2-3H3. The lowest BCUT2D eigenvalue weighted by atomic mass is 10.3. The zero-order valence-corrected chi connectivity index (χ0v) is 13.1. The van der Waals surface area contributed by atoms with Crippen molar-refractivity contribution in [2.45, 2.75) is 13.5 Å². The molecule has 3 aromatic rings. The highest BCUT2D eigenvalue weighted by atomic mass is 32.1. The number of thiazole rings is 1. The SMILES string of the molecule is C#CCn1c(=NC(=O)c2nn(C)cc2C)sc2ccccc21. The summed E-state index contributed by atoms with van der Waals surface area (Å²) in [5.74, 6) is 2.26. The van der Waals surface area contributed by atoms with Crippen LogP contribution < -0.4 is 4.80 Å². The number of para-hydroxylation sites is 1. The Kier molecular flexibility index (Phi) is 3.65. The van der Waals surface area contributed by atoms with Gasteiger partial charge in [0.25, 0.3) is 5.91 Å². The number of aryl methyl sites for hydroxylation is 2. The van der Waals surface area contributed by atoms with Crippen LogP contribution >= 0.6 is 11.3 Å². The molecule has 0 saturated heterocycles. The number of nitrogens with zero attached hydrogens (tertiary/aromatic N) is 4. The minimum Gasteiger partial charge on any atom is -0.305 e. The second-order valence-corrected chi connectivity index (χ2v) is 5.90. The molecule has 1 amide bonds. The van der Waals surface area contributed by atoms with Gasteiger partial charge in [-0.2, -0.15) is 10.1 Å². The number of hydrogen-bond donors (Lipinski definition) is 0. The van der Waals surface area contributed by atoms with Crippen LogP contribution in [0.1, 0.15) is 16.1 Å². The van der Waals surface area contributed by atoms with Crippen LogP contribution in [0.25, 0.3) is 10.2 Å². The zero-order valence-electron chi connectivity index (χ0n) is 12.3. The number of carbonyl (C=O) groups is 1. The van der Waals surface area contributed by atoms with Gasteiger partial charge in [0.1, 0.15) is 0 Å². The van der Waals surface area contributed by atoms with Crippen LogP contribution in [0.3, 0.4) is 0 Å². The second-order valence-electron chi connectivity index (χ2n) is 4.89. The molecule has 0 N–H and O–H groups in total. The van der Waals surface area contributed by atoms with E-state index in [0.29, 0.717) is 17.0 Å². The van der Waals surface area contributed by atoms with Crippen LogP contribution in [0.5, 0.6) is 0 Å². The molecule has 1 aromatic carbocycles. The lowest BCUT2D eigenvalue weighted by molar-refractivity contribution is 0.0992. The van der Waals surface area contributed by atoms with E-state index in [0.717, 1.165) is 15.8 Å². The number of fused-ring (bicyclic) bond motifs is 1. The fraction of sp³-hybridized carbons (Fsp3) is 0.188. The molecule has 2 heterocycles. The van der Waals surface area contributed by atoms with E-state index >= 15 is 0 Å². The number of benzene rings is 1. The van der Waals surface area contributed by atoms with Crippen molar-refractivity contribution in [1.29, 1.82) is 0 Å². The van der Waals surface area contributed by atoms with Crippen molar-refractivity contribution >= 4 is 27.5 Å². The normalized spacial score (nSPS) is 11.8. The summed E-state index contributed by atoms with van der Waals surface area (Å²) >= 11 is 1.44. The van der Waals surface area contributed by atoms with Gasteiger partial charge in [-0.25, -0.2) is 0 Å². The van der Waals surface area contributed by atoms with Gasteiger partial charge in [-0.1, -0.05) is 29.4 Å². The van der Waals surface area contributed by atoms with Crippen molar-refractivity contribution in [2.75, 3.05) is 0 Å². The van der Waals surface area contributed by atoms with Crippen LogP contribution in [0.4, 0.5) is 0 Å². The van der Waals surface area contributed by atoms with E-state index in [9.17, 15) is 4.79 Å². The van der Waals surface area contributed by atoms with Crippen molar-refractivity contribution in [3.63, 3.8) is 0 Å². The summed E-state index contributed by atoms with van der Waals surface area (Å²) in [6.07, 6.45) is 7.24. The molecule has 0 spiro atoms. The van der Waals surface area contributed by atoms with Gasteiger partial charge < -0.3 is 4.57 Å². The van der Waals surface area contributed by atoms with Gasteiger partial charge in [0, 0.05) is 18.8 Å². The first-order valence-electron chi connectivity index (χ1n) is 6.71. The summed E-state index contributed by atoms with van der Waals surface area (Å²) in [6, 6.07) is 7.85. The lowest BCUT2D eigenvalue weighted by Crippen LogP contribution is -2.17. The number of rotatable bonds is 2. The average Bonchev–Trinajstić information content (AvgIpc) is 3.00. The third kappa shape index (κ3) is 2.47. The highest BCUT2D eigenvalue weighted by Gasteiger charge is 2.13. The Morgan fingerprint density at radius 1 is 1.45 bits per heavy atom. The minimum atomic E-state index is -0.351. The van der Waals surface area contributed by atoms with Crippen molar-refractivity contribution in [3.8, 4) is 12.3 Å². The smallest absolute Gasteiger partial charge is 0.300 e. The van der Waals surface area contributed by atoms with E-state index in [1.54, 1.807) is 17.9 Å². The van der Waals surface area contributed by atoms with Crippen molar-refractivity contribution in [2.24, 2.45) is 12.0 Å². The molecule has 6 heteroatoms. The van der Waals surface area contributed by atoms with Crippen molar-refractivity contribution < 1.29 is 4.79 Å². The molecule has 0 bridgehead atoms. The molecule has 110 valence electrons. The maximum Gasteiger partial charge on any atom is 0.300 e. The molecule has 0 unspecified atom stereocenters. The molecular formula is C16H14N4OS. The summed E-state index contributed by atoms with van der Waals surface area (Å²) in [7, 11) is 1.78. The molecule has 0 aliphatic heterocycles. The molecule has 5 nitrogen and oxygen atoms in total. The van der Waals surface area contributed by atoms with Crippen LogP contribution in [0.2, 0.25) is 0 Å². The molecule has 0 fully saturated rings. The maximum atomic E-state index is 12.4. The van der Waals surface area contributed by atoms with Gasteiger partial charge >= 0.3 is 0 Å². The van der Waals surface area contributed by atoms with E-state index in [1.165, 1.54) is 11.3 Å². The summed E-state index contributed by atoms with van der Waals surface area (Å²) in [4.78, 5) is 17.2. The average molecular weight is 310 g/mol. The third-order valence-corrected chi connectivity index (χ3v) is 4.31. The molecule has 22 heavy (non-hydrogen) atoms. The maximum absolute atomic E-state index is 12.4. The highest BCUT2D eigenvalue weighted by Crippen LogP contribution is 2.16. The summed E-state index contributed by atoms with van der Waals surface area (Å²) in [5, 5.41) is 4.16. The highest BCUT2D eigenvalue weighted by molar-refractivity contribution is 7.16. The van der Waals surface area contributed by atoms with Crippen molar-refractivity contribution in [1.82, 2.24) is 14.3 Å². The van der Waals surface area contributed by atoms with Gasteiger partial charge in [-0.05, 0) is 19.1 Å². The fourth-order valence-corrected chi connectivity index (χ4v) is 3.34. The number of terminal acetylenes is 1. The second kappa shape index (κ2) is 5.62. The Morgan fingerprint density at radius 2 is 2.23 bits per heavy atom. The van der Waals surface area contributed by atoms with Crippen LogP contribution in [-0.4, -0.2) is 20.3 Å². The van der Waals surface area contributed by atoms with E-state index in [1.807, 2.05) is 35.8 Å². The first-order valence-corrected chi connectivity index (χ1v) is 7.53. The van der Waals surface area contributed by atoms with E-state index < -0.39 is 0 Å². The van der Waals surface area contributed by atoms with E-state index in [-0.39, 0.29) is 5.91 Å². The summed E-state index contributed by atoms with van der Waals surface area (Å²) in [5.41, 5.74) is 2.16. The Labute approximate surface area is 131 Å². The molecule has 0 aliphatic rings. The predicted octanol–water partition coefficient (Wildman–Crippen LogP) is 2.12. The lowest BCUT2D eigenvalue weighted by Gasteiger charge is -1.98. The predicted molar refractivity (Wildman–Crippen MR) is 86.5 cm³/mol. The molecule has 2 aromatic heterocycles. The van der Waals surface area contributed by atoms with Gasteiger partial charge in [0.2, 0.25) is 0 Å². The van der Waals surface area contributed by atoms with Gasteiger partial charge in [-0.15, -0.1) is 6.42 Å². The summed E-state index contributed by atoms with van der Waals surface area (Å²) < 4.78 is 4.52. The van der Waals surface area contributed by atoms with Gasteiger partial charge in [-0.3, -0.25) is 9.48 Å². The fourth-order valence-electron chi connectivity index (χ4n) is 2.31. The molecule has 0 aliphatic carbocycles. The number of hydrogen-bond acceptors (Lipinski definition) is 3. The number of carbonyl (C=O) groups excluding carboxylic acids is 1.